The molecule has 3 aromatic rings. The topological polar surface area (TPSA) is 151 Å². The first kappa shape index (κ1) is 22.0. The van der Waals surface area contributed by atoms with Gasteiger partial charge in [0.1, 0.15) is 6.61 Å². The number of aliphatic hydroxyl groups excluding tert-OH is 1. The number of rotatable bonds is 8. The molecule has 1 atom stereocenters. The third kappa shape index (κ3) is 4.70. The summed E-state index contributed by atoms with van der Waals surface area (Å²) in [5.41, 5.74) is 4.26. The van der Waals surface area contributed by atoms with Crippen molar-refractivity contribution in [1.82, 2.24) is 15.8 Å². The van der Waals surface area contributed by atoms with E-state index in [1.54, 1.807) is 0 Å². The Labute approximate surface area is 188 Å². The van der Waals surface area contributed by atoms with E-state index in [1.807, 2.05) is 48.5 Å². The van der Waals surface area contributed by atoms with Crippen molar-refractivity contribution < 1.29 is 33.9 Å². The van der Waals surface area contributed by atoms with Gasteiger partial charge in [-0.3, -0.25) is 4.79 Å². The number of nitrogens with one attached hydrogen (secondary N) is 2. The van der Waals surface area contributed by atoms with Crippen molar-refractivity contribution in [2.24, 2.45) is 0 Å². The molecule has 1 aromatic heterocycles. The van der Waals surface area contributed by atoms with E-state index in [1.165, 1.54) is 6.07 Å². The maximum absolute atomic E-state index is 12.2. The van der Waals surface area contributed by atoms with Gasteiger partial charge in [-0.1, -0.05) is 53.7 Å². The molecule has 1 heterocycles. The lowest BCUT2D eigenvalue weighted by molar-refractivity contribution is -0.140. The third-order valence-corrected chi connectivity index (χ3v) is 5.33. The molecule has 33 heavy (non-hydrogen) atoms. The van der Waals surface area contributed by atoms with Crippen LogP contribution in [0.15, 0.2) is 59.1 Å². The number of carbonyl (C=O) groups excluding carboxylic acids is 2. The van der Waals surface area contributed by atoms with E-state index in [-0.39, 0.29) is 30.5 Å². The van der Waals surface area contributed by atoms with E-state index < -0.39 is 30.6 Å². The molecule has 0 aliphatic heterocycles. The summed E-state index contributed by atoms with van der Waals surface area (Å²) in [5.74, 6) is -2.11. The molecule has 1 aliphatic carbocycles. The molecule has 170 valence electrons. The Balaban J connectivity index is 1.31. The number of aliphatic carboxylic acids is 1. The summed E-state index contributed by atoms with van der Waals surface area (Å²) in [5, 5.41) is 26.0. The quantitative estimate of drug-likeness (QED) is 0.405. The van der Waals surface area contributed by atoms with E-state index >= 15 is 0 Å². The van der Waals surface area contributed by atoms with Crippen LogP contribution in [0.5, 0.6) is 0 Å². The fourth-order valence-electron chi connectivity index (χ4n) is 3.73. The molecule has 10 nitrogen and oxygen atoms in total. The number of fused-ring (bicyclic) bond motifs is 3. The zero-order valence-corrected chi connectivity index (χ0v) is 17.4. The van der Waals surface area contributed by atoms with Crippen LogP contribution in [0.3, 0.4) is 0 Å². The molecule has 4 rings (SSSR count). The first-order chi connectivity index (χ1) is 16.0. The van der Waals surface area contributed by atoms with Gasteiger partial charge in [0.2, 0.25) is 0 Å². The zero-order valence-electron chi connectivity index (χ0n) is 17.4. The first-order valence-electron chi connectivity index (χ1n) is 10.2. The van der Waals surface area contributed by atoms with Gasteiger partial charge >= 0.3 is 12.1 Å². The molecule has 0 saturated heterocycles. The summed E-state index contributed by atoms with van der Waals surface area (Å²) in [6.45, 7) is -0.698. The van der Waals surface area contributed by atoms with Crippen LogP contribution >= 0.6 is 0 Å². The van der Waals surface area contributed by atoms with Crippen LogP contribution in [0, 0.1) is 0 Å². The largest absolute Gasteiger partial charge is 0.480 e. The number of hydrogen-bond donors (Lipinski definition) is 4. The number of aliphatic hydroxyl groups is 1. The SMILES string of the molecule is O=C(NCc1cc(C(=O)NC(CO)C(=O)O)no1)OCC1c2ccccc2-c2ccccc21. The number of aromatic nitrogens is 1. The van der Waals surface area contributed by atoms with Gasteiger partial charge in [-0.25, -0.2) is 9.59 Å². The second-order valence-electron chi connectivity index (χ2n) is 7.40. The second-order valence-corrected chi connectivity index (χ2v) is 7.40. The van der Waals surface area contributed by atoms with Crippen molar-refractivity contribution >= 4 is 18.0 Å². The van der Waals surface area contributed by atoms with Crippen LogP contribution in [0.1, 0.15) is 33.3 Å². The number of carboxylic acid groups (broad SMARTS) is 1. The Bertz CT molecular complexity index is 1140. The van der Waals surface area contributed by atoms with Crippen LogP contribution in [-0.4, -0.2) is 52.6 Å². The summed E-state index contributed by atoms with van der Waals surface area (Å²) < 4.78 is 10.4. The highest BCUT2D eigenvalue weighted by atomic mass is 16.5. The molecule has 0 fully saturated rings. The molecular weight excluding hydrogens is 430 g/mol. The molecule has 0 radical (unpaired) electrons. The van der Waals surface area contributed by atoms with Crippen LogP contribution in [0.25, 0.3) is 11.1 Å². The number of carbonyl (C=O) groups is 3. The Kier molecular flexibility index (Phi) is 6.36. The van der Waals surface area contributed by atoms with Gasteiger partial charge in [-0.15, -0.1) is 0 Å². The van der Waals surface area contributed by atoms with Gasteiger partial charge < -0.3 is 30.1 Å². The highest BCUT2D eigenvalue weighted by Crippen LogP contribution is 2.44. The summed E-state index contributed by atoms with van der Waals surface area (Å²) in [7, 11) is 0. The highest BCUT2D eigenvalue weighted by Gasteiger charge is 2.29. The van der Waals surface area contributed by atoms with Crippen molar-refractivity contribution in [3.63, 3.8) is 0 Å². The minimum absolute atomic E-state index is 0.0718. The fraction of sp³-hybridized carbons (Fsp3) is 0.217. The molecule has 10 heteroatoms. The Morgan fingerprint density at radius 2 is 1.70 bits per heavy atom. The van der Waals surface area contributed by atoms with Gasteiger partial charge in [0, 0.05) is 12.0 Å². The number of hydrogen-bond acceptors (Lipinski definition) is 7. The Morgan fingerprint density at radius 3 is 2.30 bits per heavy atom. The summed E-state index contributed by atoms with van der Waals surface area (Å²) in [6.07, 6.45) is -0.662. The standard InChI is InChI=1S/C23H21N3O7/c27-11-20(22(29)30)25-21(28)19-9-13(33-26-19)10-24-23(31)32-12-18-16-7-3-1-5-14(16)15-6-2-4-8-17(15)18/h1-9,18,20,27H,10-12H2,(H,24,31)(H,25,28)(H,29,30). The van der Waals surface area contributed by atoms with Gasteiger partial charge in [0.25, 0.3) is 5.91 Å². The van der Waals surface area contributed by atoms with Crippen LogP contribution in [0.4, 0.5) is 4.79 Å². The number of carboxylic acids is 1. The number of nitrogens with zero attached hydrogens (tertiary/aromatic N) is 1. The van der Waals surface area contributed by atoms with Crippen LogP contribution in [-0.2, 0) is 16.1 Å². The Hall–Kier alpha value is -4.18. The minimum Gasteiger partial charge on any atom is -0.480 e. The average molecular weight is 451 g/mol. The monoisotopic (exact) mass is 451 g/mol. The molecule has 1 unspecified atom stereocenters. The number of amides is 2. The normalized spacial score (nSPS) is 13.0. The van der Waals surface area contributed by atoms with Crippen molar-refractivity contribution in [2.75, 3.05) is 13.2 Å². The predicted molar refractivity (Wildman–Crippen MR) is 114 cm³/mol. The maximum Gasteiger partial charge on any atom is 0.407 e. The lowest BCUT2D eigenvalue weighted by Crippen LogP contribution is -2.43. The summed E-state index contributed by atoms with van der Waals surface area (Å²) in [6, 6.07) is 15.8. The van der Waals surface area contributed by atoms with E-state index in [4.69, 9.17) is 19.5 Å². The number of ether oxygens (including phenoxy) is 1. The minimum atomic E-state index is -1.46. The van der Waals surface area contributed by atoms with Gasteiger partial charge in [-0.2, -0.15) is 0 Å². The first-order valence-corrected chi connectivity index (χ1v) is 10.2. The molecule has 0 spiro atoms. The van der Waals surface area contributed by atoms with Crippen LogP contribution < -0.4 is 10.6 Å². The average Bonchev–Trinajstić information content (AvgIpc) is 3.42. The van der Waals surface area contributed by atoms with Crippen molar-refractivity contribution in [1.29, 1.82) is 0 Å². The molecule has 1 aliphatic rings. The van der Waals surface area contributed by atoms with Crippen LogP contribution in [0.2, 0.25) is 0 Å². The molecule has 0 saturated carbocycles. The lowest BCUT2D eigenvalue weighted by atomic mass is 9.98. The summed E-state index contributed by atoms with van der Waals surface area (Å²) in [4.78, 5) is 35.1. The molecular formula is C23H21N3O7. The van der Waals surface area contributed by atoms with Crippen molar-refractivity contribution in [3.8, 4) is 11.1 Å². The predicted octanol–water partition coefficient (Wildman–Crippen LogP) is 1.89. The van der Waals surface area contributed by atoms with Gasteiger partial charge in [0.05, 0.1) is 13.2 Å². The smallest absolute Gasteiger partial charge is 0.407 e. The third-order valence-electron chi connectivity index (χ3n) is 5.33. The highest BCUT2D eigenvalue weighted by molar-refractivity contribution is 5.95. The summed E-state index contributed by atoms with van der Waals surface area (Å²) >= 11 is 0. The molecule has 4 N–H and O–H groups in total. The Morgan fingerprint density at radius 1 is 1.06 bits per heavy atom. The zero-order chi connectivity index (χ0) is 23.4. The fourth-order valence-corrected chi connectivity index (χ4v) is 3.73. The van der Waals surface area contributed by atoms with Gasteiger partial charge in [-0.05, 0) is 22.3 Å². The maximum atomic E-state index is 12.2. The van der Waals surface area contributed by atoms with E-state index in [0.29, 0.717) is 0 Å². The van der Waals surface area contributed by atoms with E-state index in [0.717, 1.165) is 22.3 Å². The number of benzene rings is 2. The number of alkyl carbamates (subject to hydrolysis) is 1. The molecule has 0 bridgehead atoms. The van der Waals surface area contributed by atoms with Crippen molar-refractivity contribution in [3.05, 3.63) is 77.2 Å². The van der Waals surface area contributed by atoms with E-state index in [9.17, 15) is 14.4 Å². The van der Waals surface area contributed by atoms with Gasteiger partial charge in [0.15, 0.2) is 17.5 Å². The molecule has 2 aromatic carbocycles. The second kappa shape index (κ2) is 9.53. The van der Waals surface area contributed by atoms with Crippen molar-refractivity contribution in [2.45, 2.75) is 18.5 Å². The lowest BCUT2D eigenvalue weighted by Gasteiger charge is -2.14. The molecule has 2 amide bonds. The van der Waals surface area contributed by atoms with E-state index in [2.05, 4.69) is 15.8 Å².